The molecule has 0 aliphatic heterocycles. The molecule has 0 unspecified atom stereocenters. The zero-order valence-electron chi connectivity index (χ0n) is 7.60. The molecule has 4 nitrogen and oxygen atoms in total. The summed E-state index contributed by atoms with van der Waals surface area (Å²) in [6.07, 6.45) is 1.59. The first-order valence-corrected chi connectivity index (χ1v) is 4.08. The maximum absolute atomic E-state index is 3.81. The van der Waals surface area contributed by atoms with Crippen molar-refractivity contribution in [3.8, 4) is 5.69 Å². The third kappa shape index (κ3) is 1.42. The lowest BCUT2D eigenvalue weighted by Crippen LogP contribution is -1.95. The zero-order valence-corrected chi connectivity index (χ0v) is 7.60. The molecule has 0 amide bonds. The van der Waals surface area contributed by atoms with Crippen LogP contribution in [0.2, 0.25) is 0 Å². The van der Waals surface area contributed by atoms with Crippen molar-refractivity contribution in [2.45, 2.75) is 13.8 Å². The SMILES string of the molecule is Cc1ccc(-n2cnnn2)cc1C. The highest BCUT2D eigenvalue weighted by Gasteiger charge is 1.98. The van der Waals surface area contributed by atoms with Crippen LogP contribution in [-0.2, 0) is 0 Å². The van der Waals surface area contributed by atoms with Crippen LogP contribution in [0.3, 0.4) is 0 Å². The second-order valence-corrected chi connectivity index (χ2v) is 3.02. The molecule has 0 saturated carbocycles. The van der Waals surface area contributed by atoms with Gasteiger partial charge in [-0.2, -0.15) is 0 Å². The minimum atomic E-state index is 0.994. The molecule has 1 aromatic heterocycles. The van der Waals surface area contributed by atoms with Gasteiger partial charge in [-0.05, 0) is 47.5 Å². The van der Waals surface area contributed by atoms with Crippen molar-refractivity contribution in [3.05, 3.63) is 35.7 Å². The molecule has 0 bridgehead atoms. The number of nitrogens with zero attached hydrogens (tertiary/aromatic N) is 4. The van der Waals surface area contributed by atoms with Crippen LogP contribution in [0.4, 0.5) is 0 Å². The highest BCUT2D eigenvalue weighted by atomic mass is 15.5. The summed E-state index contributed by atoms with van der Waals surface area (Å²) < 4.78 is 1.65. The van der Waals surface area contributed by atoms with Crippen molar-refractivity contribution in [3.63, 3.8) is 0 Å². The highest BCUT2D eigenvalue weighted by Crippen LogP contribution is 2.11. The normalized spacial score (nSPS) is 10.3. The average molecular weight is 174 g/mol. The van der Waals surface area contributed by atoms with Gasteiger partial charge in [-0.1, -0.05) is 6.07 Å². The average Bonchev–Trinajstić information content (AvgIpc) is 2.62. The monoisotopic (exact) mass is 174 g/mol. The zero-order chi connectivity index (χ0) is 9.26. The summed E-state index contributed by atoms with van der Waals surface area (Å²) in [6, 6.07) is 6.12. The molecule has 0 aliphatic rings. The Hall–Kier alpha value is -1.71. The summed E-state index contributed by atoms with van der Waals surface area (Å²) in [5.41, 5.74) is 3.51. The number of hydrogen-bond acceptors (Lipinski definition) is 3. The van der Waals surface area contributed by atoms with E-state index in [1.54, 1.807) is 11.0 Å². The molecule has 0 saturated heterocycles. The molecule has 1 aromatic carbocycles. The van der Waals surface area contributed by atoms with Crippen molar-refractivity contribution >= 4 is 0 Å². The lowest BCUT2D eigenvalue weighted by molar-refractivity contribution is 0.788. The number of tetrazole rings is 1. The molecule has 2 aromatic rings. The maximum Gasteiger partial charge on any atom is 0.143 e. The summed E-state index contributed by atoms with van der Waals surface area (Å²) in [5.74, 6) is 0. The van der Waals surface area contributed by atoms with E-state index in [0.29, 0.717) is 0 Å². The van der Waals surface area contributed by atoms with Gasteiger partial charge in [-0.3, -0.25) is 0 Å². The summed E-state index contributed by atoms with van der Waals surface area (Å²) in [7, 11) is 0. The van der Waals surface area contributed by atoms with Crippen LogP contribution >= 0.6 is 0 Å². The predicted octanol–water partition coefficient (Wildman–Crippen LogP) is 1.28. The number of rotatable bonds is 1. The van der Waals surface area contributed by atoms with Gasteiger partial charge in [-0.25, -0.2) is 4.68 Å². The van der Waals surface area contributed by atoms with E-state index in [1.807, 2.05) is 6.07 Å². The molecule has 66 valence electrons. The minimum absolute atomic E-state index is 0.994. The Morgan fingerprint density at radius 3 is 2.62 bits per heavy atom. The van der Waals surface area contributed by atoms with Gasteiger partial charge in [0.25, 0.3) is 0 Å². The molecule has 2 rings (SSSR count). The van der Waals surface area contributed by atoms with E-state index in [-0.39, 0.29) is 0 Å². The molecule has 0 fully saturated rings. The van der Waals surface area contributed by atoms with Gasteiger partial charge >= 0.3 is 0 Å². The van der Waals surface area contributed by atoms with E-state index < -0.39 is 0 Å². The van der Waals surface area contributed by atoms with Gasteiger partial charge < -0.3 is 0 Å². The van der Waals surface area contributed by atoms with Gasteiger partial charge in [0.2, 0.25) is 0 Å². The lowest BCUT2D eigenvalue weighted by atomic mass is 10.1. The fraction of sp³-hybridized carbons (Fsp3) is 0.222. The van der Waals surface area contributed by atoms with E-state index in [4.69, 9.17) is 0 Å². The van der Waals surface area contributed by atoms with E-state index in [2.05, 4.69) is 41.5 Å². The second-order valence-electron chi connectivity index (χ2n) is 3.02. The van der Waals surface area contributed by atoms with Crippen molar-refractivity contribution < 1.29 is 0 Å². The van der Waals surface area contributed by atoms with Crippen LogP contribution in [0, 0.1) is 13.8 Å². The second kappa shape index (κ2) is 2.97. The highest BCUT2D eigenvalue weighted by molar-refractivity contribution is 5.38. The third-order valence-corrected chi connectivity index (χ3v) is 2.10. The van der Waals surface area contributed by atoms with Crippen LogP contribution in [0.15, 0.2) is 24.5 Å². The van der Waals surface area contributed by atoms with Crippen LogP contribution in [0.25, 0.3) is 5.69 Å². The van der Waals surface area contributed by atoms with Crippen molar-refractivity contribution in [1.82, 2.24) is 20.2 Å². The van der Waals surface area contributed by atoms with Crippen LogP contribution in [-0.4, -0.2) is 20.2 Å². The first-order valence-electron chi connectivity index (χ1n) is 4.08. The van der Waals surface area contributed by atoms with Crippen LogP contribution < -0.4 is 0 Å². The molecule has 0 spiro atoms. The molecular formula is C9H10N4. The standard InChI is InChI=1S/C9H10N4/c1-7-3-4-9(5-8(7)2)13-6-10-11-12-13/h3-6H,1-2H3. The van der Waals surface area contributed by atoms with Crippen molar-refractivity contribution in [2.24, 2.45) is 0 Å². The minimum Gasteiger partial charge on any atom is -0.201 e. The fourth-order valence-corrected chi connectivity index (χ4v) is 1.15. The van der Waals surface area contributed by atoms with Crippen molar-refractivity contribution in [1.29, 1.82) is 0 Å². The molecular weight excluding hydrogens is 164 g/mol. The van der Waals surface area contributed by atoms with E-state index in [9.17, 15) is 0 Å². The van der Waals surface area contributed by atoms with Gasteiger partial charge in [0.15, 0.2) is 0 Å². The van der Waals surface area contributed by atoms with Gasteiger partial charge in [-0.15, -0.1) is 5.10 Å². The molecule has 0 atom stereocenters. The number of aromatic nitrogens is 4. The van der Waals surface area contributed by atoms with Gasteiger partial charge in [0.05, 0.1) is 5.69 Å². The third-order valence-electron chi connectivity index (χ3n) is 2.10. The predicted molar refractivity (Wildman–Crippen MR) is 48.6 cm³/mol. The molecule has 13 heavy (non-hydrogen) atoms. The molecule has 0 aliphatic carbocycles. The Labute approximate surface area is 76.2 Å². The Morgan fingerprint density at radius 2 is 2.00 bits per heavy atom. The first kappa shape index (κ1) is 7.91. The van der Waals surface area contributed by atoms with Gasteiger partial charge in [0.1, 0.15) is 6.33 Å². The maximum atomic E-state index is 3.81. The van der Waals surface area contributed by atoms with E-state index in [1.165, 1.54) is 11.1 Å². The molecule has 0 radical (unpaired) electrons. The Balaban J connectivity index is 2.49. The Bertz CT molecular complexity index is 406. The number of aryl methyl sites for hydroxylation is 2. The summed E-state index contributed by atoms with van der Waals surface area (Å²) in [5, 5.41) is 11.0. The summed E-state index contributed by atoms with van der Waals surface area (Å²) in [6.45, 7) is 4.15. The van der Waals surface area contributed by atoms with Crippen molar-refractivity contribution in [2.75, 3.05) is 0 Å². The lowest BCUT2D eigenvalue weighted by Gasteiger charge is -2.02. The van der Waals surface area contributed by atoms with E-state index >= 15 is 0 Å². The summed E-state index contributed by atoms with van der Waals surface area (Å²) >= 11 is 0. The fourth-order valence-electron chi connectivity index (χ4n) is 1.15. The topological polar surface area (TPSA) is 43.6 Å². The quantitative estimate of drug-likeness (QED) is 0.654. The molecule has 1 heterocycles. The Morgan fingerprint density at radius 1 is 1.15 bits per heavy atom. The smallest absolute Gasteiger partial charge is 0.143 e. The summed E-state index contributed by atoms with van der Waals surface area (Å²) in [4.78, 5) is 0. The Kier molecular flexibility index (Phi) is 1.81. The van der Waals surface area contributed by atoms with Gasteiger partial charge in [0, 0.05) is 0 Å². The number of hydrogen-bond donors (Lipinski definition) is 0. The van der Waals surface area contributed by atoms with E-state index in [0.717, 1.165) is 5.69 Å². The van der Waals surface area contributed by atoms with Crippen LogP contribution in [0.1, 0.15) is 11.1 Å². The number of benzene rings is 1. The van der Waals surface area contributed by atoms with Crippen LogP contribution in [0.5, 0.6) is 0 Å². The first-order chi connectivity index (χ1) is 6.27. The molecule has 4 heteroatoms. The largest absolute Gasteiger partial charge is 0.201 e. The molecule has 0 N–H and O–H groups in total.